The van der Waals surface area contributed by atoms with Crippen LogP contribution in [0.4, 0.5) is 0 Å². The van der Waals surface area contributed by atoms with Gasteiger partial charge in [0.1, 0.15) is 6.10 Å². The fourth-order valence-corrected chi connectivity index (χ4v) is 8.86. The van der Waals surface area contributed by atoms with Crippen molar-refractivity contribution < 1.29 is 19.4 Å². The van der Waals surface area contributed by atoms with Gasteiger partial charge in [-0.05, 0) is 75.0 Å². The van der Waals surface area contributed by atoms with E-state index in [0.717, 1.165) is 38.5 Å². The van der Waals surface area contributed by atoms with E-state index in [1.54, 1.807) is 0 Å². The predicted molar refractivity (Wildman–Crippen MR) is 102 cm³/mol. The minimum absolute atomic E-state index is 0.00351. The van der Waals surface area contributed by atoms with Crippen LogP contribution in [-0.2, 0) is 14.3 Å². The van der Waals surface area contributed by atoms with E-state index in [-0.39, 0.29) is 33.5 Å². The molecule has 0 aromatic heterocycles. The van der Waals surface area contributed by atoms with Crippen molar-refractivity contribution in [3.05, 3.63) is 0 Å². The van der Waals surface area contributed by atoms with E-state index in [0.29, 0.717) is 18.4 Å². The van der Waals surface area contributed by atoms with Crippen molar-refractivity contribution in [3.63, 3.8) is 0 Å². The number of carbonyl (C=O) groups is 1. The highest BCUT2D eigenvalue weighted by Crippen LogP contribution is 2.73. The first-order valence-corrected chi connectivity index (χ1v) is 11.0. The summed E-state index contributed by atoms with van der Waals surface area (Å²) < 4.78 is 12.5. The van der Waals surface area contributed by atoms with E-state index >= 15 is 0 Å². The summed E-state index contributed by atoms with van der Waals surface area (Å²) in [6.45, 7) is 11.4. The number of Topliss-reactive ketones (excluding diaryl/α,β-unsaturated/α-hetero) is 1. The Morgan fingerprint density at radius 3 is 2.48 bits per heavy atom. The van der Waals surface area contributed by atoms with Crippen LogP contribution >= 0.6 is 0 Å². The number of hydrogen-bond donors (Lipinski definition) is 1. The molecule has 5 aliphatic rings. The SMILES string of the molecule is CC1(C)OC[C@]2(C[C@]34C[C@H]2CC[C@H]3[C@]2(C)CCCC(C)(C)[C@H]2C(=O)[C@H]4O)O1. The molecule has 1 aliphatic heterocycles. The minimum atomic E-state index is -0.840. The van der Waals surface area contributed by atoms with Crippen LogP contribution in [0.15, 0.2) is 0 Å². The highest BCUT2D eigenvalue weighted by atomic mass is 16.8. The Balaban J connectivity index is 1.59. The molecule has 1 N–H and O–H groups in total. The number of aliphatic hydroxyl groups is 1. The van der Waals surface area contributed by atoms with Crippen LogP contribution in [0.5, 0.6) is 0 Å². The average molecular weight is 377 g/mol. The topological polar surface area (TPSA) is 55.8 Å². The summed E-state index contributed by atoms with van der Waals surface area (Å²) in [6, 6.07) is 0. The number of hydrogen-bond acceptors (Lipinski definition) is 4. The first kappa shape index (κ1) is 18.6. The van der Waals surface area contributed by atoms with E-state index in [1.165, 1.54) is 6.42 Å². The molecule has 1 heterocycles. The minimum Gasteiger partial charge on any atom is -0.385 e. The van der Waals surface area contributed by atoms with Gasteiger partial charge in [0.2, 0.25) is 0 Å². The van der Waals surface area contributed by atoms with Crippen molar-refractivity contribution in [3.8, 4) is 0 Å². The Bertz CT molecular complexity index is 684. The Kier molecular flexibility index (Phi) is 3.56. The fraction of sp³-hybridized carbons (Fsp3) is 0.957. The molecular weight excluding hydrogens is 340 g/mol. The van der Waals surface area contributed by atoms with Gasteiger partial charge < -0.3 is 14.6 Å². The molecule has 0 aromatic rings. The number of carbonyl (C=O) groups excluding carboxylic acids is 1. The quantitative estimate of drug-likeness (QED) is 0.692. The van der Waals surface area contributed by atoms with E-state index in [4.69, 9.17) is 9.47 Å². The molecule has 0 aromatic carbocycles. The molecule has 5 rings (SSSR count). The summed E-state index contributed by atoms with van der Waals surface area (Å²) in [5, 5.41) is 11.5. The average Bonchev–Trinajstić information content (AvgIpc) is 2.98. The summed E-state index contributed by atoms with van der Waals surface area (Å²) in [4.78, 5) is 13.6. The number of rotatable bonds is 0. The van der Waals surface area contributed by atoms with Crippen molar-refractivity contribution in [1.82, 2.24) is 0 Å². The molecule has 4 saturated carbocycles. The molecule has 1 saturated heterocycles. The summed E-state index contributed by atoms with van der Waals surface area (Å²) in [7, 11) is 0. The van der Waals surface area contributed by atoms with Crippen LogP contribution in [0.3, 0.4) is 0 Å². The summed E-state index contributed by atoms with van der Waals surface area (Å²) in [5.74, 6) is 0.343. The smallest absolute Gasteiger partial charge is 0.165 e. The lowest BCUT2D eigenvalue weighted by molar-refractivity contribution is -0.199. The predicted octanol–water partition coefficient (Wildman–Crippen LogP) is 4.09. The Labute approximate surface area is 163 Å². The van der Waals surface area contributed by atoms with Gasteiger partial charge in [-0.2, -0.15) is 0 Å². The fourth-order valence-electron chi connectivity index (χ4n) is 8.86. The maximum absolute atomic E-state index is 13.6. The standard InChI is InChI=1S/C23H36O4/c1-19(2)9-6-10-21(5)15-8-7-14-11-22(15,18(25)16(24)17(19)21)12-23(14)13-26-20(3,4)27-23/h14-15,17-18,25H,6-13H2,1-5H3/t14-,15+,17-,18-,21+,22-,23+/m1/s1. The summed E-state index contributed by atoms with van der Waals surface area (Å²) >= 11 is 0. The maximum atomic E-state index is 13.6. The second kappa shape index (κ2) is 5.17. The third kappa shape index (κ3) is 2.18. The number of fused-ring (bicyclic) bond motifs is 4. The van der Waals surface area contributed by atoms with Crippen LogP contribution in [0.2, 0.25) is 0 Å². The lowest BCUT2D eigenvalue weighted by atomic mass is 9.40. The zero-order chi connectivity index (χ0) is 19.5. The van der Waals surface area contributed by atoms with Gasteiger partial charge in [0.05, 0.1) is 12.2 Å². The molecule has 27 heavy (non-hydrogen) atoms. The van der Waals surface area contributed by atoms with Gasteiger partial charge in [-0.3, -0.25) is 4.79 Å². The first-order chi connectivity index (χ1) is 12.5. The van der Waals surface area contributed by atoms with E-state index < -0.39 is 11.9 Å². The highest BCUT2D eigenvalue weighted by molar-refractivity contribution is 5.89. The van der Waals surface area contributed by atoms with Gasteiger partial charge in [-0.1, -0.05) is 27.2 Å². The Hall–Kier alpha value is -0.450. The van der Waals surface area contributed by atoms with Crippen molar-refractivity contribution in [1.29, 1.82) is 0 Å². The molecule has 2 spiro atoms. The van der Waals surface area contributed by atoms with Gasteiger partial charge in [0, 0.05) is 11.3 Å². The number of ether oxygens (including phenoxy) is 2. The molecule has 2 bridgehead atoms. The van der Waals surface area contributed by atoms with Crippen LogP contribution in [0, 0.1) is 34.0 Å². The second-order valence-electron chi connectivity index (χ2n) is 11.9. The summed E-state index contributed by atoms with van der Waals surface area (Å²) in [5.41, 5.74) is -0.645. The third-order valence-corrected chi connectivity index (χ3v) is 9.48. The van der Waals surface area contributed by atoms with E-state index in [9.17, 15) is 9.90 Å². The Morgan fingerprint density at radius 2 is 1.81 bits per heavy atom. The molecule has 0 unspecified atom stereocenters. The largest absolute Gasteiger partial charge is 0.385 e. The van der Waals surface area contributed by atoms with E-state index in [2.05, 4.69) is 20.8 Å². The van der Waals surface area contributed by atoms with Crippen molar-refractivity contribution in [2.24, 2.45) is 34.0 Å². The lowest BCUT2D eigenvalue weighted by Crippen LogP contribution is -2.65. The molecule has 7 atom stereocenters. The van der Waals surface area contributed by atoms with Gasteiger partial charge >= 0.3 is 0 Å². The lowest BCUT2D eigenvalue weighted by Gasteiger charge is -2.64. The molecule has 0 radical (unpaired) electrons. The van der Waals surface area contributed by atoms with Crippen LogP contribution in [0.25, 0.3) is 0 Å². The molecule has 4 heteroatoms. The van der Waals surface area contributed by atoms with Crippen molar-refractivity contribution in [2.45, 2.75) is 97.1 Å². The monoisotopic (exact) mass is 376 g/mol. The van der Waals surface area contributed by atoms with Crippen molar-refractivity contribution in [2.75, 3.05) is 6.61 Å². The van der Waals surface area contributed by atoms with Crippen LogP contribution in [-0.4, -0.2) is 35.0 Å². The normalized spacial score (nSPS) is 55.4. The zero-order valence-electron chi connectivity index (χ0n) is 17.6. The molecular formula is C23H36O4. The molecule has 4 nitrogen and oxygen atoms in total. The second-order valence-corrected chi connectivity index (χ2v) is 11.9. The van der Waals surface area contributed by atoms with Crippen LogP contribution < -0.4 is 0 Å². The molecule has 152 valence electrons. The molecule has 0 amide bonds. The maximum Gasteiger partial charge on any atom is 0.165 e. The van der Waals surface area contributed by atoms with E-state index in [1.807, 2.05) is 13.8 Å². The number of aliphatic hydroxyl groups excluding tert-OH is 1. The number of ketones is 1. The van der Waals surface area contributed by atoms with Crippen LogP contribution in [0.1, 0.15) is 79.6 Å². The van der Waals surface area contributed by atoms with Gasteiger partial charge in [0.15, 0.2) is 11.6 Å². The zero-order valence-corrected chi connectivity index (χ0v) is 17.6. The third-order valence-electron chi connectivity index (χ3n) is 9.48. The van der Waals surface area contributed by atoms with Gasteiger partial charge in [-0.15, -0.1) is 0 Å². The Morgan fingerprint density at radius 1 is 1.07 bits per heavy atom. The highest BCUT2D eigenvalue weighted by Gasteiger charge is 2.74. The van der Waals surface area contributed by atoms with Crippen molar-refractivity contribution >= 4 is 5.78 Å². The first-order valence-electron chi connectivity index (χ1n) is 11.0. The van der Waals surface area contributed by atoms with Gasteiger partial charge in [0.25, 0.3) is 0 Å². The van der Waals surface area contributed by atoms with Gasteiger partial charge in [-0.25, -0.2) is 0 Å². The molecule has 5 fully saturated rings. The summed E-state index contributed by atoms with van der Waals surface area (Å²) in [6.07, 6.45) is 6.51. The molecule has 4 aliphatic carbocycles.